The molecule has 0 bridgehead atoms. The summed E-state index contributed by atoms with van der Waals surface area (Å²) in [4.78, 5) is 7.93. The highest BCUT2D eigenvalue weighted by atomic mass is 19.1. The molecule has 0 saturated heterocycles. The zero-order chi connectivity index (χ0) is 13.5. The van der Waals surface area contributed by atoms with E-state index in [9.17, 15) is 4.39 Å². The first-order chi connectivity index (χ1) is 9.10. The zero-order valence-electron chi connectivity index (χ0n) is 10.8. The third kappa shape index (κ3) is 1.78. The van der Waals surface area contributed by atoms with Crippen LogP contribution in [0.15, 0.2) is 49.1 Å². The molecule has 84 valence electrons. The zero-order valence-corrected chi connectivity index (χ0v) is 8.84. The SMILES string of the molecule is [2H]C([2H])(c1cccnc1)n1cnc2cccc(F)c21. The lowest BCUT2D eigenvalue weighted by Gasteiger charge is -2.04. The Balaban J connectivity index is 2.25. The maximum Gasteiger partial charge on any atom is 0.149 e. The second kappa shape index (κ2) is 3.97. The van der Waals surface area contributed by atoms with E-state index in [4.69, 9.17) is 2.74 Å². The fourth-order valence-electron chi connectivity index (χ4n) is 1.68. The van der Waals surface area contributed by atoms with E-state index in [2.05, 4.69) is 9.97 Å². The molecule has 1 aromatic carbocycles. The first-order valence-electron chi connectivity index (χ1n) is 6.13. The highest BCUT2D eigenvalue weighted by Crippen LogP contribution is 2.17. The molecular weight excluding hydrogens is 217 g/mol. The Labute approximate surface area is 100 Å². The molecule has 3 rings (SSSR count). The fourth-order valence-corrected chi connectivity index (χ4v) is 1.68. The largest absolute Gasteiger partial charge is 0.324 e. The number of nitrogens with zero attached hydrogens (tertiary/aromatic N) is 3. The first kappa shape index (κ1) is 7.95. The summed E-state index contributed by atoms with van der Waals surface area (Å²) in [5, 5.41) is 0. The molecule has 0 unspecified atom stereocenters. The van der Waals surface area contributed by atoms with Crippen molar-refractivity contribution in [2.75, 3.05) is 0 Å². The van der Waals surface area contributed by atoms with E-state index in [1.165, 1.54) is 23.2 Å². The van der Waals surface area contributed by atoms with E-state index in [1.54, 1.807) is 30.5 Å². The molecule has 0 atom stereocenters. The maximum atomic E-state index is 13.9. The van der Waals surface area contributed by atoms with Crippen molar-refractivity contribution in [3.05, 3.63) is 60.4 Å². The topological polar surface area (TPSA) is 30.7 Å². The predicted octanol–water partition coefficient (Wildman–Crippen LogP) is 2.62. The van der Waals surface area contributed by atoms with Crippen LogP contribution in [0.1, 0.15) is 8.30 Å². The van der Waals surface area contributed by atoms with Crippen molar-refractivity contribution in [1.82, 2.24) is 14.5 Å². The van der Waals surface area contributed by atoms with E-state index in [0.717, 1.165) is 0 Å². The lowest BCUT2D eigenvalue weighted by molar-refractivity contribution is 0.628. The van der Waals surface area contributed by atoms with Gasteiger partial charge >= 0.3 is 0 Å². The highest BCUT2D eigenvalue weighted by Gasteiger charge is 2.07. The number of aromatic nitrogens is 3. The van der Waals surface area contributed by atoms with Crippen molar-refractivity contribution < 1.29 is 7.13 Å². The average Bonchev–Trinajstić information content (AvgIpc) is 2.86. The number of benzene rings is 1. The number of rotatable bonds is 2. The fraction of sp³-hybridized carbons (Fsp3) is 0.0769. The molecule has 0 N–H and O–H groups in total. The van der Waals surface area contributed by atoms with Crippen molar-refractivity contribution in [1.29, 1.82) is 0 Å². The smallest absolute Gasteiger partial charge is 0.149 e. The Morgan fingerprint density at radius 1 is 1.29 bits per heavy atom. The normalized spacial score (nSPS) is 13.5. The summed E-state index contributed by atoms with van der Waals surface area (Å²) < 4.78 is 31.4. The average molecular weight is 229 g/mol. The molecule has 0 saturated carbocycles. The molecule has 3 aromatic rings. The van der Waals surface area contributed by atoms with E-state index in [1.807, 2.05) is 0 Å². The van der Waals surface area contributed by atoms with E-state index in [-0.39, 0.29) is 5.52 Å². The van der Waals surface area contributed by atoms with Gasteiger partial charge in [0.15, 0.2) is 0 Å². The first-order valence-corrected chi connectivity index (χ1v) is 5.13. The summed E-state index contributed by atoms with van der Waals surface area (Å²) in [6.07, 6.45) is 4.29. The molecule has 4 heteroatoms. The van der Waals surface area contributed by atoms with Gasteiger partial charge in [0.05, 0.1) is 21.1 Å². The number of hydrogen-bond acceptors (Lipinski definition) is 2. The Morgan fingerprint density at radius 3 is 3.06 bits per heavy atom. The summed E-state index contributed by atoms with van der Waals surface area (Å²) >= 11 is 0. The highest BCUT2D eigenvalue weighted by molar-refractivity contribution is 5.75. The van der Waals surface area contributed by atoms with Gasteiger partial charge in [-0.1, -0.05) is 12.1 Å². The maximum absolute atomic E-state index is 13.9. The van der Waals surface area contributed by atoms with Crippen LogP contribution < -0.4 is 0 Å². The van der Waals surface area contributed by atoms with Crippen molar-refractivity contribution in [2.45, 2.75) is 6.50 Å². The second-order valence-corrected chi connectivity index (χ2v) is 3.58. The summed E-state index contributed by atoms with van der Waals surface area (Å²) in [6.45, 7) is -1.91. The van der Waals surface area contributed by atoms with Crippen LogP contribution in [0.3, 0.4) is 0 Å². The molecule has 2 aromatic heterocycles. The van der Waals surface area contributed by atoms with Crippen LogP contribution in [0.4, 0.5) is 4.39 Å². The molecule has 0 aliphatic heterocycles. The minimum absolute atomic E-state index is 0.149. The van der Waals surface area contributed by atoms with E-state index < -0.39 is 12.3 Å². The molecule has 3 nitrogen and oxygen atoms in total. The Kier molecular flexibility index (Phi) is 1.86. The molecular formula is C13H10FN3. The molecule has 17 heavy (non-hydrogen) atoms. The molecule has 2 heterocycles. The lowest BCUT2D eigenvalue weighted by atomic mass is 10.2. The van der Waals surface area contributed by atoms with Crippen LogP contribution in [0.2, 0.25) is 0 Å². The van der Waals surface area contributed by atoms with Crippen molar-refractivity contribution in [2.24, 2.45) is 0 Å². The van der Waals surface area contributed by atoms with Crippen LogP contribution in [-0.2, 0) is 6.50 Å². The molecule has 0 radical (unpaired) electrons. The van der Waals surface area contributed by atoms with Crippen LogP contribution >= 0.6 is 0 Å². The van der Waals surface area contributed by atoms with Gasteiger partial charge in [0, 0.05) is 12.4 Å². The number of imidazole rings is 1. The molecule has 0 spiro atoms. The molecule has 0 amide bonds. The van der Waals surface area contributed by atoms with Gasteiger partial charge in [0.1, 0.15) is 11.3 Å². The van der Waals surface area contributed by atoms with Crippen LogP contribution in [0, 0.1) is 5.82 Å². The number of hydrogen-bond donors (Lipinski definition) is 0. The van der Waals surface area contributed by atoms with Gasteiger partial charge in [0.2, 0.25) is 0 Å². The van der Waals surface area contributed by atoms with Crippen LogP contribution in [-0.4, -0.2) is 14.5 Å². The monoisotopic (exact) mass is 229 g/mol. The third-order valence-electron chi connectivity index (χ3n) is 2.43. The molecule has 0 fully saturated rings. The van der Waals surface area contributed by atoms with E-state index >= 15 is 0 Å². The van der Waals surface area contributed by atoms with Gasteiger partial charge in [-0.2, -0.15) is 0 Å². The van der Waals surface area contributed by atoms with Gasteiger partial charge in [-0.3, -0.25) is 4.98 Å². The number of halogens is 1. The van der Waals surface area contributed by atoms with Crippen molar-refractivity contribution in [3.8, 4) is 0 Å². The van der Waals surface area contributed by atoms with E-state index in [0.29, 0.717) is 11.1 Å². The Morgan fingerprint density at radius 2 is 2.24 bits per heavy atom. The predicted molar refractivity (Wildman–Crippen MR) is 63.0 cm³/mol. The van der Waals surface area contributed by atoms with Gasteiger partial charge in [-0.15, -0.1) is 0 Å². The number of para-hydroxylation sites is 1. The number of pyridine rings is 1. The van der Waals surface area contributed by atoms with Gasteiger partial charge in [0.25, 0.3) is 0 Å². The third-order valence-corrected chi connectivity index (χ3v) is 2.43. The lowest BCUT2D eigenvalue weighted by Crippen LogP contribution is -1.99. The molecule has 0 aliphatic rings. The summed E-state index contributed by atoms with van der Waals surface area (Å²) in [6, 6.07) is 7.74. The minimum atomic E-state index is -1.91. The van der Waals surface area contributed by atoms with Crippen molar-refractivity contribution in [3.63, 3.8) is 0 Å². The van der Waals surface area contributed by atoms with Crippen molar-refractivity contribution >= 4 is 11.0 Å². The summed E-state index contributed by atoms with van der Waals surface area (Å²) in [7, 11) is 0. The van der Waals surface area contributed by atoms with Gasteiger partial charge < -0.3 is 4.57 Å². The summed E-state index contributed by atoms with van der Waals surface area (Å²) in [5.74, 6) is -0.497. The second-order valence-electron chi connectivity index (χ2n) is 3.58. The molecule has 0 aliphatic carbocycles. The standard InChI is InChI=1S/C13H10FN3/c14-11-4-1-5-12-13(11)17(9-16-12)8-10-3-2-6-15-7-10/h1-7,9H,8H2/i8D2. The Bertz CT molecular complexity index is 725. The van der Waals surface area contributed by atoms with Gasteiger partial charge in [-0.05, 0) is 23.8 Å². The minimum Gasteiger partial charge on any atom is -0.324 e. The Hall–Kier alpha value is -2.23. The summed E-state index contributed by atoms with van der Waals surface area (Å²) in [5.41, 5.74) is 0.918. The number of fused-ring (bicyclic) bond motifs is 1. The van der Waals surface area contributed by atoms with Gasteiger partial charge in [-0.25, -0.2) is 9.37 Å². The van der Waals surface area contributed by atoms with Crippen LogP contribution in [0.5, 0.6) is 0 Å². The van der Waals surface area contributed by atoms with Crippen LogP contribution in [0.25, 0.3) is 11.0 Å². The quantitative estimate of drug-likeness (QED) is 0.676.